The molecular weight excluding hydrogens is 291 g/mol. The molecule has 0 saturated carbocycles. The van der Waals surface area contributed by atoms with Crippen molar-refractivity contribution >= 4 is 28.7 Å². The predicted molar refractivity (Wildman–Crippen MR) is 84.4 cm³/mol. The molecule has 0 aliphatic carbocycles. The molecule has 114 valence electrons. The summed E-state index contributed by atoms with van der Waals surface area (Å²) in [4.78, 5) is 6.65. The minimum absolute atomic E-state index is 0.220. The summed E-state index contributed by atoms with van der Waals surface area (Å²) in [5.74, 6) is 2.59. The minimum Gasteiger partial charge on any atom is -0.494 e. The summed E-state index contributed by atoms with van der Waals surface area (Å²) >= 11 is 1.99. The Morgan fingerprint density at radius 1 is 1.33 bits per heavy atom. The number of aromatic nitrogens is 2. The minimum atomic E-state index is -0.414. The number of nitrogens with zero attached hydrogens (tertiary/aromatic N) is 3. The Morgan fingerprint density at radius 3 is 2.81 bits per heavy atom. The van der Waals surface area contributed by atoms with Crippen molar-refractivity contribution < 1.29 is 9.13 Å². The molecule has 1 aliphatic rings. The fourth-order valence-electron chi connectivity index (χ4n) is 2.60. The van der Waals surface area contributed by atoms with Crippen LogP contribution >= 0.6 is 11.8 Å². The summed E-state index contributed by atoms with van der Waals surface area (Å²) in [6.45, 7) is 3.89. The van der Waals surface area contributed by atoms with Gasteiger partial charge < -0.3 is 15.0 Å². The number of fused-ring (bicyclic) bond motifs is 1. The van der Waals surface area contributed by atoms with Crippen molar-refractivity contribution in [3.05, 3.63) is 17.9 Å². The van der Waals surface area contributed by atoms with E-state index in [1.165, 1.54) is 24.7 Å². The largest absolute Gasteiger partial charge is 0.494 e. The molecule has 21 heavy (non-hydrogen) atoms. The van der Waals surface area contributed by atoms with Gasteiger partial charge in [0.05, 0.1) is 18.1 Å². The van der Waals surface area contributed by atoms with Crippen molar-refractivity contribution in [3.8, 4) is 5.75 Å². The number of nitrogen functional groups attached to an aromatic ring is 1. The normalized spacial score (nSPS) is 16.5. The Hall–Kier alpha value is -1.47. The maximum Gasteiger partial charge on any atom is 0.201 e. The van der Waals surface area contributed by atoms with Crippen molar-refractivity contribution in [1.29, 1.82) is 0 Å². The number of halogens is 1. The molecule has 2 heterocycles. The van der Waals surface area contributed by atoms with E-state index in [9.17, 15) is 4.39 Å². The Morgan fingerprint density at radius 2 is 2.10 bits per heavy atom. The average Bonchev–Trinajstić information content (AvgIpc) is 2.79. The van der Waals surface area contributed by atoms with E-state index in [1.54, 1.807) is 6.07 Å². The third-order valence-corrected chi connectivity index (χ3v) is 4.74. The standard InChI is InChI=1S/C14H19FN4OS/c1-20-13-9-12-11(8-10(13)15)17-14(16)19(12)3-2-18-4-6-21-7-5-18/h8-9H,2-7H2,1H3,(H2,16,17). The van der Waals surface area contributed by atoms with Gasteiger partial charge in [-0.25, -0.2) is 9.37 Å². The topological polar surface area (TPSA) is 56.3 Å². The molecule has 0 spiro atoms. The average molecular weight is 310 g/mol. The first-order chi connectivity index (χ1) is 10.2. The summed E-state index contributed by atoms with van der Waals surface area (Å²) in [5, 5.41) is 0. The van der Waals surface area contributed by atoms with Gasteiger partial charge in [0.1, 0.15) is 0 Å². The second-order valence-electron chi connectivity index (χ2n) is 5.05. The zero-order valence-corrected chi connectivity index (χ0v) is 12.8. The van der Waals surface area contributed by atoms with Crippen LogP contribution in [0.4, 0.5) is 10.3 Å². The molecule has 0 bridgehead atoms. The number of rotatable bonds is 4. The van der Waals surface area contributed by atoms with Gasteiger partial charge in [-0.1, -0.05) is 0 Å². The van der Waals surface area contributed by atoms with Gasteiger partial charge in [-0.3, -0.25) is 4.90 Å². The lowest BCUT2D eigenvalue weighted by atomic mass is 10.3. The number of anilines is 1. The summed E-state index contributed by atoms with van der Waals surface area (Å²) in [7, 11) is 1.46. The molecule has 0 radical (unpaired) electrons. The number of benzene rings is 1. The molecule has 0 amide bonds. The van der Waals surface area contributed by atoms with Crippen LogP contribution in [-0.4, -0.2) is 52.7 Å². The molecule has 5 nitrogen and oxygen atoms in total. The first-order valence-corrected chi connectivity index (χ1v) is 8.14. The van der Waals surface area contributed by atoms with E-state index < -0.39 is 5.82 Å². The number of nitrogens with two attached hydrogens (primary N) is 1. The van der Waals surface area contributed by atoms with Gasteiger partial charge in [-0.15, -0.1) is 0 Å². The van der Waals surface area contributed by atoms with E-state index in [2.05, 4.69) is 9.88 Å². The molecule has 7 heteroatoms. The summed E-state index contributed by atoms with van der Waals surface area (Å²) in [6.07, 6.45) is 0. The summed E-state index contributed by atoms with van der Waals surface area (Å²) in [6, 6.07) is 3.04. The monoisotopic (exact) mass is 310 g/mol. The van der Waals surface area contributed by atoms with Gasteiger partial charge >= 0.3 is 0 Å². The first-order valence-electron chi connectivity index (χ1n) is 6.98. The van der Waals surface area contributed by atoms with E-state index in [-0.39, 0.29) is 5.75 Å². The van der Waals surface area contributed by atoms with Gasteiger partial charge in [0.25, 0.3) is 0 Å². The molecule has 2 aromatic rings. The van der Waals surface area contributed by atoms with E-state index in [0.717, 1.165) is 31.7 Å². The van der Waals surface area contributed by atoms with E-state index in [0.29, 0.717) is 11.5 Å². The SMILES string of the molecule is COc1cc2c(cc1F)nc(N)n2CCN1CCSCC1. The molecule has 1 aromatic heterocycles. The van der Waals surface area contributed by atoms with Crippen LogP contribution in [0.3, 0.4) is 0 Å². The van der Waals surface area contributed by atoms with Gasteiger partial charge in [0.2, 0.25) is 5.95 Å². The molecule has 2 N–H and O–H groups in total. The summed E-state index contributed by atoms with van der Waals surface area (Å²) in [5.41, 5.74) is 7.36. The lowest BCUT2D eigenvalue weighted by Crippen LogP contribution is -2.35. The quantitative estimate of drug-likeness (QED) is 0.933. The second kappa shape index (κ2) is 6.11. The zero-order valence-electron chi connectivity index (χ0n) is 12.0. The third-order valence-electron chi connectivity index (χ3n) is 3.79. The molecule has 1 aromatic carbocycles. The second-order valence-corrected chi connectivity index (χ2v) is 6.28. The smallest absolute Gasteiger partial charge is 0.201 e. The predicted octanol–water partition coefficient (Wildman–Crippen LogP) is 1.81. The van der Waals surface area contributed by atoms with Crippen molar-refractivity contribution in [3.63, 3.8) is 0 Å². The van der Waals surface area contributed by atoms with Crippen molar-refractivity contribution in [2.75, 3.05) is 44.0 Å². The van der Waals surface area contributed by atoms with Crippen LogP contribution in [0.25, 0.3) is 11.0 Å². The Bertz CT molecular complexity index is 639. The maximum absolute atomic E-state index is 13.7. The van der Waals surface area contributed by atoms with Gasteiger partial charge in [-0.05, 0) is 0 Å². The van der Waals surface area contributed by atoms with Crippen LogP contribution in [0.5, 0.6) is 5.75 Å². The fourth-order valence-corrected chi connectivity index (χ4v) is 3.58. The number of ether oxygens (including phenoxy) is 1. The van der Waals surface area contributed by atoms with Gasteiger partial charge in [0, 0.05) is 49.8 Å². The number of hydrogen-bond acceptors (Lipinski definition) is 5. The lowest BCUT2D eigenvalue weighted by molar-refractivity contribution is 0.291. The molecule has 1 fully saturated rings. The Balaban J connectivity index is 1.84. The zero-order chi connectivity index (χ0) is 14.8. The van der Waals surface area contributed by atoms with Gasteiger partial charge in [-0.2, -0.15) is 11.8 Å². The van der Waals surface area contributed by atoms with Gasteiger partial charge in [0.15, 0.2) is 11.6 Å². The lowest BCUT2D eigenvalue weighted by Gasteiger charge is -2.26. The number of imidazole rings is 1. The third kappa shape index (κ3) is 2.94. The van der Waals surface area contributed by atoms with Crippen LogP contribution in [-0.2, 0) is 6.54 Å². The molecule has 0 atom stereocenters. The number of hydrogen-bond donors (Lipinski definition) is 1. The van der Waals surface area contributed by atoms with Crippen molar-refractivity contribution in [2.45, 2.75) is 6.54 Å². The van der Waals surface area contributed by atoms with Crippen LogP contribution in [0, 0.1) is 5.82 Å². The molecule has 1 saturated heterocycles. The van der Waals surface area contributed by atoms with E-state index >= 15 is 0 Å². The molecule has 3 rings (SSSR count). The first kappa shape index (κ1) is 14.5. The highest BCUT2D eigenvalue weighted by Gasteiger charge is 2.15. The van der Waals surface area contributed by atoms with E-state index in [4.69, 9.17) is 10.5 Å². The molecule has 1 aliphatic heterocycles. The number of thioether (sulfide) groups is 1. The van der Waals surface area contributed by atoms with Crippen molar-refractivity contribution in [2.24, 2.45) is 0 Å². The van der Waals surface area contributed by atoms with Crippen LogP contribution in [0.2, 0.25) is 0 Å². The molecule has 0 unspecified atom stereocenters. The highest BCUT2D eigenvalue weighted by atomic mass is 32.2. The molecular formula is C14H19FN4OS. The Labute approximate surface area is 127 Å². The highest BCUT2D eigenvalue weighted by molar-refractivity contribution is 7.99. The van der Waals surface area contributed by atoms with Crippen LogP contribution < -0.4 is 10.5 Å². The summed E-state index contributed by atoms with van der Waals surface area (Å²) < 4.78 is 20.7. The van der Waals surface area contributed by atoms with E-state index in [1.807, 2.05) is 16.3 Å². The Kier molecular flexibility index (Phi) is 4.21. The highest BCUT2D eigenvalue weighted by Crippen LogP contribution is 2.26. The number of methoxy groups -OCH3 is 1. The van der Waals surface area contributed by atoms with Crippen LogP contribution in [0.15, 0.2) is 12.1 Å². The van der Waals surface area contributed by atoms with Crippen LogP contribution in [0.1, 0.15) is 0 Å². The maximum atomic E-state index is 13.7. The fraction of sp³-hybridized carbons (Fsp3) is 0.500. The van der Waals surface area contributed by atoms with Crippen molar-refractivity contribution in [1.82, 2.24) is 14.5 Å².